The van der Waals surface area contributed by atoms with Crippen molar-refractivity contribution < 1.29 is 0 Å². The highest BCUT2D eigenvalue weighted by molar-refractivity contribution is 7.98. The lowest BCUT2D eigenvalue weighted by molar-refractivity contribution is 0.734. The van der Waals surface area contributed by atoms with Gasteiger partial charge in [0.15, 0.2) is 0 Å². The Morgan fingerprint density at radius 2 is 2.36 bits per heavy atom. The van der Waals surface area contributed by atoms with E-state index >= 15 is 0 Å². The predicted octanol–water partition coefficient (Wildman–Crippen LogP) is 2.16. The van der Waals surface area contributed by atoms with Gasteiger partial charge in [0, 0.05) is 24.2 Å². The maximum Gasteiger partial charge on any atom is 0.0948 e. The van der Waals surface area contributed by atoms with E-state index in [1.807, 2.05) is 24.3 Å². The minimum Gasteiger partial charge on any atom is -0.334 e. The summed E-state index contributed by atoms with van der Waals surface area (Å²) in [5.74, 6) is 2.26. The van der Waals surface area contributed by atoms with E-state index in [0.29, 0.717) is 0 Å². The highest BCUT2D eigenvalue weighted by Gasteiger charge is 1.97. The summed E-state index contributed by atoms with van der Waals surface area (Å²) in [5, 5.41) is 0. The lowest BCUT2D eigenvalue weighted by Gasteiger charge is -2.02. The SMILES string of the molecule is CCSCc1cncn1CC. The van der Waals surface area contributed by atoms with Crippen LogP contribution in [0.15, 0.2) is 12.5 Å². The Morgan fingerprint density at radius 3 is 3.00 bits per heavy atom. The summed E-state index contributed by atoms with van der Waals surface area (Å²) in [6.45, 7) is 5.35. The quantitative estimate of drug-likeness (QED) is 0.689. The van der Waals surface area contributed by atoms with E-state index in [1.54, 1.807) is 0 Å². The molecule has 0 aliphatic heterocycles. The second-order valence-corrected chi connectivity index (χ2v) is 3.58. The molecule has 0 aliphatic rings. The van der Waals surface area contributed by atoms with Gasteiger partial charge in [-0.1, -0.05) is 6.92 Å². The molecule has 0 aromatic carbocycles. The molecule has 0 amide bonds. The third kappa shape index (κ3) is 2.26. The fourth-order valence-corrected chi connectivity index (χ4v) is 1.61. The van der Waals surface area contributed by atoms with Crippen LogP contribution in [0.25, 0.3) is 0 Å². The second kappa shape index (κ2) is 4.44. The summed E-state index contributed by atoms with van der Waals surface area (Å²) in [4.78, 5) is 4.10. The summed E-state index contributed by atoms with van der Waals surface area (Å²) in [6, 6.07) is 0. The Balaban J connectivity index is 2.54. The van der Waals surface area contributed by atoms with Crippen LogP contribution in [0, 0.1) is 0 Å². The minimum atomic E-state index is 1.03. The van der Waals surface area contributed by atoms with Crippen LogP contribution in [-0.2, 0) is 12.3 Å². The molecule has 0 atom stereocenters. The third-order valence-electron chi connectivity index (χ3n) is 1.59. The molecule has 0 N–H and O–H groups in total. The number of aromatic nitrogens is 2. The van der Waals surface area contributed by atoms with Gasteiger partial charge >= 0.3 is 0 Å². The zero-order valence-electron chi connectivity index (χ0n) is 7.08. The molecular weight excluding hydrogens is 156 g/mol. The molecule has 2 nitrogen and oxygen atoms in total. The number of aryl methyl sites for hydroxylation is 1. The summed E-state index contributed by atoms with van der Waals surface area (Å²) in [5.41, 5.74) is 1.33. The number of hydrogen-bond acceptors (Lipinski definition) is 2. The normalized spacial score (nSPS) is 10.4. The first-order valence-corrected chi connectivity index (χ1v) is 5.10. The van der Waals surface area contributed by atoms with Crippen molar-refractivity contribution in [3.05, 3.63) is 18.2 Å². The molecule has 62 valence electrons. The molecule has 0 saturated carbocycles. The molecular formula is C8H14N2S. The van der Waals surface area contributed by atoms with Crippen LogP contribution in [0.1, 0.15) is 19.5 Å². The molecule has 0 radical (unpaired) electrons. The highest BCUT2D eigenvalue weighted by Crippen LogP contribution is 2.10. The number of hydrogen-bond donors (Lipinski definition) is 0. The molecule has 1 rings (SSSR count). The Labute approximate surface area is 72.0 Å². The lowest BCUT2D eigenvalue weighted by Crippen LogP contribution is -1.97. The van der Waals surface area contributed by atoms with E-state index in [2.05, 4.69) is 23.4 Å². The Kier molecular flexibility index (Phi) is 3.49. The Hall–Kier alpha value is -0.440. The molecule has 1 aromatic rings. The first-order valence-electron chi connectivity index (χ1n) is 3.95. The van der Waals surface area contributed by atoms with Gasteiger partial charge in [0.05, 0.1) is 6.33 Å². The number of nitrogens with zero attached hydrogens (tertiary/aromatic N) is 2. The van der Waals surface area contributed by atoms with Crippen molar-refractivity contribution in [1.82, 2.24) is 9.55 Å². The molecule has 3 heteroatoms. The molecule has 0 spiro atoms. The smallest absolute Gasteiger partial charge is 0.0948 e. The number of thioether (sulfide) groups is 1. The van der Waals surface area contributed by atoms with Crippen molar-refractivity contribution in [2.24, 2.45) is 0 Å². The average Bonchev–Trinajstić information content (AvgIpc) is 2.47. The van der Waals surface area contributed by atoms with Crippen molar-refractivity contribution >= 4 is 11.8 Å². The first-order chi connectivity index (χ1) is 5.38. The van der Waals surface area contributed by atoms with Crippen LogP contribution in [0.4, 0.5) is 0 Å². The average molecular weight is 170 g/mol. The Morgan fingerprint density at radius 1 is 1.55 bits per heavy atom. The van der Waals surface area contributed by atoms with E-state index in [-0.39, 0.29) is 0 Å². The van der Waals surface area contributed by atoms with Crippen molar-refractivity contribution in [2.75, 3.05) is 5.75 Å². The molecule has 0 saturated heterocycles. The molecule has 0 fully saturated rings. The van der Waals surface area contributed by atoms with Crippen molar-refractivity contribution in [3.8, 4) is 0 Å². The summed E-state index contributed by atoms with van der Waals surface area (Å²) in [7, 11) is 0. The van der Waals surface area contributed by atoms with Crippen LogP contribution < -0.4 is 0 Å². The van der Waals surface area contributed by atoms with Gasteiger partial charge in [0.25, 0.3) is 0 Å². The van der Waals surface area contributed by atoms with Crippen LogP contribution >= 0.6 is 11.8 Å². The third-order valence-corrected chi connectivity index (χ3v) is 2.50. The zero-order chi connectivity index (χ0) is 8.10. The zero-order valence-corrected chi connectivity index (χ0v) is 7.90. The minimum absolute atomic E-state index is 1.03. The fraction of sp³-hybridized carbons (Fsp3) is 0.625. The van der Waals surface area contributed by atoms with E-state index < -0.39 is 0 Å². The van der Waals surface area contributed by atoms with Crippen molar-refractivity contribution in [2.45, 2.75) is 26.1 Å². The molecule has 0 bridgehead atoms. The van der Waals surface area contributed by atoms with E-state index in [9.17, 15) is 0 Å². The van der Waals surface area contributed by atoms with Crippen LogP contribution in [0.2, 0.25) is 0 Å². The Bertz CT molecular complexity index is 208. The van der Waals surface area contributed by atoms with Gasteiger partial charge in [0.2, 0.25) is 0 Å². The predicted molar refractivity (Wildman–Crippen MR) is 49.7 cm³/mol. The van der Waals surface area contributed by atoms with Crippen molar-refractivity contribution in [1.29, 1.82) is 0 Å². The molecule has 1 heterocycles. The van der Waals surface area contributed by atoms with Gasteiger partial charge in [-0.15, -0.1) is 0 Å². The molecule has 0 aliphatic carbocycles. The fourth-order valence-electron chi connectivity index (χ4n) is 0.960. The monoisotopic (exact) mass is 170 g/mol. The van der Waals surface area contributed by atoms with E-state index in [1.165, 1.54) is 11.4 Å². The standard InChI is InChI=1S/C8H14N2S/c1-3-10-7-9-5-8(10)6-11-4-2/h5,7H,3-4,6H2,1-2H3. The summed E-state index contributed by atoms with van der Waals surface area (Å²) >= 11 is 1.93. The first kappa shape index (κ1) is 8.65. The van der Waals surface area contributed by atoms with Crippen LogP contribution in [-0.4, -0.2) is 15.3 Å². The van der Waals surface area contributed by atoms with Gasteiger partial charge in [-0.3, -0.25) is 0 Å². The van der Waals surface area contributed by atoms with Crippen LogP contribution in [0.5, 0.6) is 0 Å². The maximum atomic E-state index is 4.10. The molecule has 11 heavy (non-hydrogen) atoms. The molecule has 1 aromatic heterocycles. The van der Waals surface area contributed by atoms with Gasteiger partial charge in [-0.25, -0.2) is 4.98 Å². The van der Waals surface area contributed by atoms with Crippen molar-refractivity contribution in [3.63, 3.8) is 0 Å². The largest absolute Gasteiger partial charge is 0.334 e. The second-order valence-electron chi connectivity index (χ2n) is 2.31. The highest BCUT2D eigenvalue weighted by atomic mass is 32.2. The summed E-state index contributed by atoms with van der Waals surface area (Å²) in [6.07, 6.45) is 3.84. The van der Waals surface area contributed by atoms with E-state index in [4.69, 9.17) is 0 Å². The lowest BCUT2D eigenvalue weighted by atomic mass is 10.5. The number of rotatable bonds is 4. The topological polar surface area (TPSA) is 17.8 Å². The van der Waals surface area contributed by atoms with Gasteiger partial charge in [-0.2, -0.15) is 11.8 Å². The van der Waals surface area contributed by atoms with Gasteiger partial charge < -0.3 is 4.57 Å². The maximum absolute atomic E-state index is 4.10. The number of imidazole rings is 1. The van der Waals surface area contributed by atoms with E-state index in [0.717, 1.165) is 12.3 Å². The van der Waals surface area contributed by atoms with Gasteiger partial charge in [-0.05, 0) is 12.7 Å². The van der Waals surface area contributed by atoms with Gasteiger partial charge in [0.1, 0.15) is 0 Å². The summed E-state index contributed by atoms with van der Waals surface area (Å²) < 4.78 is 2.18. The van der Waals surface area contributed by atoms with Crippen LogP contribution in [0.3, 0.4) is 0 Å². The molecule has 0 unspecified atom stereocenters.